The molecule has 0 radical (unpaired) electrons. The summed E-state index contributed by atoms with van der Waals surface area (Å²) in [7, 11) is 0. The van der Waals surface area contributed by atoms with Gasteiger partial charge in [-0.25, -0.2) is 4.98 Å². The summed E-state index contributed by atoms with van der Waals surface area (Å²) in [6.45, 7) is 0. The first-order valence-electron chi connectivity index (χ1n) is 7.84. The Bertz CT molecular complexity index is 952. The van der Waals surface area contributed by atoms with Crippen LogP contribution in [0.1, 0.15) is 24.8 Å². The molecule has 120 valence electrons. The van der Waals surface area contributed by atoms with Crippen LogP contribution in [0.3, 0.4) is 0 Å². The smallest absolute Gasteiger partial charge is 0.205 e. The third kappa shape index (κ3) is 2.53. The molecule has 0 aliphatic heterocycles. The Kier molecular flexibility index (Phi) is 3.41. The van der Waals surface area contributed by atoms with Crippen molar-refractivity contribution in [2.75, 3.05) is 0 Å². The maximum absolute atomic E-state index is 5.80. The number of thiophene rings is 1. The van der Waals surface area contributed by atoms with E-state index in [1.807, 2.05) is 24.3 Å². The SMILES string of the molecule is c1csc(-c2nnc(SCc3nc4ccccc4o3)n2C2CC2)c1. The fourth-order valence-corrected chi connectivity index (χ4v) is 4.27. The zero-order valence-electron chi connectivity index (χ0n) is 12.8. The molecule has 5 nitrogen and oxygen atoms in total. The van der Waals surface area contributed by atoms with Gasteiger partial charge in [-0.2, -0.15) is 0 Å². The molecule has 0 bridgehead atoms. The highest BCUT2D eigenvalue weighted by atomic mass is 32.2. The van der Waals surface area contributed by atoms with Crippen LogP contribution in [-0.2, 0) is 5.75 Å². The topological polar surface area (TPSA) is 56.7 Å². The van der Waals surface area contributed by atoms with Crippen molar-refractivity contribution < 1.29 is 4.42 Å². The molecule has 0 amide bonds. The van der Waals surface area contributed by atoms with Gasteiger partial charge in [0.2, 0.25) is 5.89 Å². The summed E-state index contributed by atoms with van der Waals surface area (Å²) in [4.78, 5) is 5.70. The highest BCUT2D eigenvalue weighted by molar-refractivity contribution is 7.98. The van der Waals surface area contributed by atoms with Crippen LogP contribution in [0.4, 0.5) is 0 Å². The van der Waals surface area contributed by atoms with E-state index in [0.717, 1.165) is 28.0 Å². The molecular weight excluding hydrogens is 340 g/mol. The third-order valence-corrected chi connectivity index (χ3v) is 5.77. The summed E-state index contributed by atoms with van der Waals surface area (Å²) >= 11 is 3.34. The van der Waals surface area contributed by atoms with Crippen LogP contribution in [0.2, 0.25) is 0 Å². The Labute approximate surface area is 146 Å². The lowest BCUT2D eigenvalue weighted by Gasteiger charge is -2.06. The highest BCUT2D eigenvalue weighted by Gasteiger charge is 2.30. The molecule has 0 N–H and O–H groups in total. The Morgan fingerprint density at radius 1 is 1.17 bits per heavy atom. The third-order valence-electron chi connectivity index (χ3n) is 3.98. The minimum absolute atomic E-state index is 0.531. The molecule has 24 heavy (non-hydrogen) atoms. The zero-order valence-corrected chi connectivity index (χ0v) is 14.4. The van der Waals surface area contributed by atoms with Crippen LogP contribution in [0.15, 0.2) is 51.4 Å². The van der Waals surface area contributed by atoms with Crippen molar-refractivity contribution >= 4 is 34.2 Å². The van der Waals surface area contributed by atoms with E-state index >= 15 is 0 Å². The second kappa shape index (κ2) is 5.75. The summed E-state index contributed by atoms with van der Waals surface area (Å²) in [5.74, 6) is 2.36. The average molecular weight is 354 g/mol. The van der Waals surface area contributed by atoms with Gasteiger partial charge < -0.3 is 4.42 Å². The number of thioether (sulfide) groups is 1. The molecule has 4 aromatic rings. The van der Waals surface area contributed by atoms with E-state index < -0.39 is 0 Å². The number of oxazole rings is 1. The monoisotopic (exact) mass is 354 g/mol. The van der Waals surface area contributed by atoms with Crippen molar-refractivity contribution in [3.05, 3.63) is 47.7 Å². The quantitative estimate of drug-likeness (QED) is 0.483. The lowest BCUT2D eigenvalue weighted by molar-refractivity contribution is 0.555. The summed E-state index contributed by atoms with van der Waals surface area (Å²) in [6.07, 6.45) is 2.40. The number of nitrogens with zero attached hydrogens (tertiary/aromatic N) is 4. The number of aromatic nitrogens is 4. The second-order valence-corrected chi connectivity index (χ2v) is 7.64. The van der Waals surface area contributed by atoms with E-state index in [4.69, 9.17) is 4.42 Å². The molecule has 5 rings (SSSR count). The molecule has 0 spiro atoms. The molecule has 0 unspecified atom stereocenters. The average Bonchev–Trinajstić information content (AvgIpc) is 3.05. The summed E-state index contributed by atoms with van der Waals surface area (Å²) < 4.78 is 8.07. The van der Waals surface area contributed by atoms with Gasteiger partial charge >= 0.3 is 0 Å². The Morgan fingerprint density at radius 3 is 2.88 bits per heavy atom. The molecule has 1 aromatic carbocycles. The Balaban J connectivity index is 1.43. The standard InChI is InChI=1S/C17H14N4OS2/c1-2-5-13-12(4-1)18-15(22-13)10-24-17-20-19-16(14-6-3-9-23-14)21(17)11-7-8-11/h1-6,9,11H,7-8,10H2. The van der Waals surface area contributed by atoms with E-state index in [9.17, 15) is 0 Å². The summed E-state index contributed by atoms with van der Waals surface area (Å²) in [5, 5.41) is 11.9. The maximum Gasteiger partial charge on any atom is 0.205 e. The van der Waals surface area contributed by atoms with Crippen LogP contribution in [0.5, 0.6) is 0 Å². The van der Waals surface area contributed by atoms with E-state index in [1.54, 1.807) is 23.1 Å². The minimum atomic E-state index is 0.531. The summed E-state index contributed by atoms with van der Waals surface area (Å²) in [6, 6.07) is 12.5. The molecule has 7 heteroatoms. The van der Waals surface area contributed by atoms with Gasteiger partial charge in [0.1, 0.15) is 5.52 Å². The number of fused-ring (bicyclic) bond motifs is 1. The van der Waals surface area contributed by atoms with Crippen molar-refractivity contribution in [3.8, 4) is 10.7 Å². The van der Waals surface area contributed by atoms with Gasteiger partial charge in [-0.1, -0.05) is 30.0 Å². The largest absolute Gasteiger partial charge is 0.440 e. The number of hydrogen-bond donors (Lipinski definition) is 0. The van der Waals surface area contributed by atoms with Gasteiger partial charge in [-0.15, -0.1) is 21.5 Å². The fraction of sp³-hybridized carbons (Fsp3) is 0.235. The van der Waals surface area contributed by atoms with Crippen LogP contribution in [0.25, 0.3) is 21.8 Å². The lowest BCUT2D eigenvalue weighted by Crippen LogP contribution is -1.99. The van der Waals surface area contributed by atoms with Gasteiger partial charge in [-0.3, -0.25) is 4.57 Å². The van der Waals surface area contributed by atoms with Crippen molar-refractivity contribution in [2.24, 2.45) is 0 Å². The van der Waals surface area contributed by atoms with E-state index in [1.165, 1.54) is 17.7 Å². The van der Waals surface area contributed by atoms with Crippen LogP contribution in [0, 0.1) is 0 Å². The first-order chi connectivity index (χ1) is 11.9. The fourth-order valence-electron chi connectivity index (χ4n) is 2.72. The number of benzene rings is 1. The molecule has 0 atom stereocenters. The van der Waals surface area contributed by atoms with Crippen LogP contribution in [-0.4, -0.2) is 19.7 Å². The molecule has 1 aliphatic carbocycles. The maximum atomic E-state index is 5.80. The van der Waals surface area contributed by atoms with E-state index in [-0.39, 0.29) is 0 Å². The van der Waals surface area contributed by atoms with E-state index in [2.05, 4.69) is 37.3 Å². The molecule has 3 aromatic heterocycles. The highest BCUT2D eigenvalue weighted by Crippen LogP contribution is 2.42. The predicted octanol–water partition coefficient (Wildman–Crippen LogP) is 4.78. The van der Waals surface area contributed by atoms with E-state index in [0.29, 0.717) is 11.8 Å². The molecule has 3 heterocycles. The normalized spacial score (nSPS) is 14.5. The first-order valence-corrected chi connectivity index (χ1v) is 9.71. The minimum Gasteiger partial charge on any atom is -0.440 e. The van der Waals surface area contributed by atoms with Crippen LogP contribution >= 0.6 is 23.1 Å². The van der Waals surface area contributed by atoms with Crippen molar-refractivity contribution in [1.82, 2.24) is 19.7 Å². The van der Waals surface area contributed by atoms with Gasteiger partial charge in [0.05, 0.1) is 10.6 Å². The van der Waals surface area contributed by atoms with Gasteiger partial charge in [0.25, 0.3) is 0 Å². The number of para-hydroxylation sites is 2. The van der Waals surface area contributed by atoms with Gasteiger partial charge in [0, 0.05) is 6.04 Å². The first kappa shape index (κ1) is 14.2. The molecule has 1 saturated carbocycles. The Hall–Kier alpha value is -2.12. The van der Waals surface area contributed by atoms with Gasteiger partial charge in [-0.05, 0) is 36.4 Å². The van der Waals surface area contributed by atoms with Crippen molar-refractivity contribution in [2.45, 2.75) is 29.8 Å². The van der Waals surface area contributed by atoms with Crippen molar-refractivity contribution in [1.29, 1.82) is 0 Å². The second-order valence-electron chi connectivity index (χ2n) is 5.75. The molecule has 1 aliphatic rings. The Morgan fingerprint density at radius 2 is 2.08 bits per heavy atom. The van der Waals surface area contributed by atoms with Gasteiger partial charge in [0.15, 0.2) is 16.6 Å². The predicted molar refractivity (Wildman–Crippen MR) is 95.2 cm³/mol. The van der Waals surface area contributed by atoms with Crippen molar-refractivity contribution in [3.63, 3.8) is 0 Å². The zero-order chi connectivity index (χ0) is 15.9. The number of rotatable bonds is 5. The molecule has 0 saturated heterocycles. The summed E-state index contributed by atoms with van der Waals surface area (Å²) in [5.41, 5.74) is 1.73. The molecule has 1 fully saturated rings. The lowest BCUT2D eigenvalue weighted by atomic mass is 10.3. The van der Waals surface area contributed by atoms with Crippen LogP contribution < -0.4 is 0 Å². The number of hydrogen-bond acceptors (Lipinski definition) is 6. The molecular formula is C17H14N4OS2.